The first-order valence-corrected chi connectivity index (χ1v) is 9.42. The Morgan fingerprint density at radius 3 is 2.56 bits per heavy atom. The molecule has 0 aliphatic carbocycles. The van der Waals surface area contributed by atoms with Crippen LogP contribution >= 0.6 is 23.6 Å². The van der Waals surface area contributed by atoms with E-state index >= 15 is 0 Å². The molecule has 2 aromatic carbocycles. The predicted octanol–water partition coefficient (Wildman–Crippen LogP) is 3.73. The lowest BCUT2D eigenvalue weighted by molar-refractivity contribution is 0.0972. The molecule has 2 N–H and O–H groups in total. The number of hydrogen-bond donors (Lipinski definition) is 2. The lowest BCUT2D eigenvalue weighted by Gasteiger charge is -2.13. The van der Waals surface area contributed by atoms with Crippen LogP contribution in [-0.2, 0) is 0 Å². The van der Waals surface area contributed by atoms with Crippen LogP contribution in [0.25, 0.3) is 0 Å². The number of benzene rings is 2. The molecule has 3 aromatic rings. The fourth-order valence-corrected chi connectivity index (χ4v) is 2.98. The number of carbonyl (C=O) groups is 1. The monoisotopic (exact) mass is 399 g/mol. The Balaban J connectivity index is 1.53. The zero-order valence-corrected chi connectivity index (χ0v) is 15.9. The predicted molar refractivity (Wildman–Crippen MR) is 110 cm³/mol. The van der Waals surface area contributed by atoms with Crippen molar-refractivity contribution >= 4 is 39.7 Å². The van der Waals surface area contributed by atoms with Crippen LogP contribution in [0.4, 0.5) is 5.13 Å². The molecule has 0 unspecified atom stereocenters. The first-order chi connectivity index (χ1) is 13.2. The first kappa shape index (κ1) is 18.8. The number of hydrogen-bond acceptors (Lipinski definition) is 6. The van der Waals surface area contributed by atoms with Gasteiger partial charge in [-0.1, -0.05) is 30.3 Å². The van der Waals surface area contributed by atoms with E-state index in [9.17, 15) is 4.79 Å². The number of nitrogens with one attached hydrogen (secondary N) is 2. The molecule has 0 bridgehead atoms. The Bertz CT molecular complexity index is 886. The van der Waals surface area contributed by atoms with Gasteiger partial charge in [-0.15, -0.1) is 11.3 Å². The third-order valence-corrected chi connectivity index (χ3v) is 4.26. The standard InChI is InChI=1S/C19H17N3O3S2/c23-17(21-18(26)22-19-20-10-13-27-19)15-8-4-5-9-16(15)25-12-11-24-14-6-2-1-3-7-14/h1-10,13H,11-12H2,(H2,20,21,22,23,26). The molecular weight excluding hydrogens is 382 g/mol. The fourth-order valence-electron chi connectivity index (χ4n) is 2.19. The number of rotatable bonds is 7. The van der Waals surface area contributed by atoms with E-state index in [0.29, 0.717) is 29.7 Å². The van der Waals surface area contributed by atoms with Crippen LogP contribution in [0, 0.1) is 0 Å². The summed E-state index contributed by atoms with van der Waals surface area (Å²) in [6.45, 7) is 0.672. The Hall–Kier alpha value is -2.97. The summed E-state index contributed by atoms with van der Waals surface area (Å²) >= 11 is 6.53. The molecular formula is C19H17N3O3S2. The van der Waals surface area contributed by atoms with Crippen LogP contribution in [-0.4, -0.2) is 29.2 Å². The Morgan fingerprint density at radius 2 is 1.78 bits per heavy atom. The van der Waals surface area contributed by atoms with E-state index in [2.05, 4.69) is 15.6 Å². The molecule has 0 radical (unpaired) electrons. The Labute approximate surface area is 166 Å². The number of anilines is 1. The molecule has 0 saturated heterocycles. The zero-order chi connectivity index (χ0) is 18.9. The van der Waals surface area contributed by atoms with Gasteiger partial charge in [-0.3, -0.25) is 10.1 Å². The number of nitrogens with zero attached hydrogens (tertiary/aromatic N) is 1. The summed E-state index contributed by atoms with van der Waals surface area (Å²) in [5, 5.41) is 8.09. The van der Waals surface area contributed by atoms with Crippen molar-refractivity contribution in [2.45, 2.75) is 0 Å². The molecule has 8 heteroatoms. The molecule has 0 aliphatic rings. The zero-order valence-electron chi connectivity index (χ0n) is 14.3. The van der Waals surface area contributed by atoms with Crippen LogP contribution in [0.1, 0.15) is 10.4 Å². The van der Waals surface area contributed by atoms with Crippen molar-refractivity contribution in [3.63, 3.8) is 0 Å². The minimum absolute atomic E-state index is 0.178. The van der Waals surface area contributed by atoms with Crippen molar-refractivity contribution in [2.75, 3.05) is 18.5 Å². The highest BCUT2D eigenvalue weighted by Crippen LogP contribution is 2.18. The van der Waals surface area contributed by atoms with Crippen molar-refractivity contribution in [3.8, 4) is 11.5 Å². The van der Waals surface area contributed by atoms with Gasteiger partial charge in [-0.2, -0.15) is 0 Å². The number of thiocarbonyl (C=S) groups is 1. The first-order valence-electron chi connectivity index (χ1n) is 8.14. The lowest BCUT2D eigenvalue weighted by atomic mass is 10.2. The van der Waals surface area contributed by atoms with Crippen LogP contribution in [0.3, 0.4) is 0 Å². The topological polar surface area (TPSA) is 72.5 Å². The Kier molecular flexibility index (Phi) is 6.72. The average Bonchev–Trinajstić information content (AvgIpc) is 3.19. The fraction of sp³-hybridized carbons (Fsp3) is 0.105. The number of para-hydroxylation sites is 2. The summed E-state index contributed by atoms with van der Waals surface area (Å²) in [4.78, 5) is 16.6. The van der Waals surface area contributed by atoms with Gasteiger partial charge in [0, 0.05) is 11.6 Å². The number of amides is 1. The van der Waals surface area contributed by atoms with Gasteiger partial charge >= 0.3 is 0 Å². The molecule has 0 spiro atoms. The molecule has 3 rings (SSSR count). The van der Waals surface area contributed by atoms with Gasteiger partial charge in [0.25, 0.3) is 5.91 Å². The summed E-state index contributed by atoms with van der Waals surface area (Å²) in [6.07, 6.45) is 1.65. The maximum absolute atomic E-state index is 12.5. The van der Waals surface area contributed by atoms with Gasteiger partial charge in [-0.05, 0) is 36.5 Å². The molecule has 1 aromatic heterocycles. The maximum Gasteiger partial charge on any atom is 0.261 e. The normalized spacial score (nSPS) is 10.1. The van der Waals surface area contributed by atoms with Crippen LogP contribution in [0.5, 0.6) is 11.5 Å². The number of aromatic nitrogens is 1. The highest BCUT2D eigenvalue weighted by molar-refractivity contribution is 7.80. The minimum atomic E-state index is -0.358. The largest absolute Gasteiger partial charge is 0.490 e. The van der Waals surface area contributed by atoms with Gasteiger partial charge in [0.05, 0.1) is 5.56 Å². The molecule has 0 saturated carbocycles. The molecule has 6 nitrogen and oxygen atoms in total. The number of carbonyl (C=O) groups excluding carboxylic acids is 1. The summed E-state index contributed by atoms with van der Waals surface area (Å²) in [6, 6.07) is 16.4. The van der Waals surface area contributed by atoms with E-state index in [4.69, 9.17) is 21.7 Å². The van der Waals surface area contributed by atoms with E-state index in [1.54, 1.807) is 30.5 Å². The van der Waals surface area contributed by atoms with E-state index in [1.807, 2.05) is 35.7 Å². The third-order valence-electron chi connectivity index (χ3n) is 3.36. The molecule has 27 heavy (non-hydrogen) atoms. The van der Waals surface area contributed by atoms with Crippen LogP contribution in [0.2, 0.25) is 0 Å². The molecule has 1 heterocycles. The van der Waals surface area contributed by atoms with E-state index in [1.165, 1.54) is 11.3 Å². The second-order valence-corrected chi connectivity index (χ2v) is 6.55. The number of thiazole rings is 1. The highest BCUT2D eigenvalue weighted by Gasteiger charge is 2.14. The van der Waals surface area contributed by atoms with Crippen LogP contribution in [0.15, 0.2) is 66.2 Å². The quantitative estimate of drug-likeness (QED) is 0.466. The summed E-state index contributed by atoms with van der Waals surface area (Å²) < 4.78 is 11.3. The van der Waals surface area contributed by atoms with Gasteiger partial charge < -0.3 is 14.8 Å². The van der Waals surface area contributed by atoms with Gasteiger partial charge in [0.15, 0.2) is 10.2 Å². The van der Waals surface area contributed by atoms with Gasteiger partial charge in [0.2, 0.25) is 0 Å². The number of ether oxygens (including phenoxy) is 2. The van der Waals surface area contributed by atoms with Gasteiger partial charge in [-0.25, -0.2) is 4.98 Å². The molecule has 138 valence electrons. The van der Waals surface area contributed by atoms with E-state index in [-0.39, 0.29) is 11.0 Å². The van der Waals surface area contributed by atoms with E-state index < -0.39 is 0 Å². The lowest BCUT2D eigenvalue weighted by Crippen LogP contribution is -2.34. The Morgan fingerprint density at radius 1 is 1.04 bits per heavy atom. The minimum Gasteiger partial charge on any atom is -0.490 e. The van der Waals surface area contributed by atoms with Crippen molar-refractivity contribution in [2.24, 2.45) is 0 Å². The summed E-state index contributed by atoms with van der Waals surface area (Å²) in [7, 11) is 0. The van der Waals surface area contributed by atoms with Crippen molar-refractivity contribution in [1.82, 2.24) is 10.3 Å². The molecule has 0 fully saturated rings. The summed E-state index contributed by atoms with van der Waals surface area (Å²) in [5.74, 6) is 0.873. The third kappa shape index (κ3) is 5.77. The SMILES string of the molecule is O=C(NC(=S)Nc1nccs1)c1ccccc1OCCOc1ccccc1. The average molecular weight is 399 g/mol. The second-order valence-electron chi connectivity index (χ2n) is 5.25. The highest BCUT2D eigenvalue weighted by atomic mass is 32.1. The van der Waals surface area contributed by atoms with E-state index in [0.717, 1.165) is 5.75 Å². The van der Waals surface area contributed by atoms with Crippen molar-refractivity contribution < 1.29 is 14.3 Å². The molecule has 0 aliphatic heterocycles. The summed E-state index contributed by atoms with van der Waals surface area (Å²) in [5.41, 5.74) is 0.389. The van der Waals surface area contributed by atoms with Crippen LogP contribution < -0.4 is 20.1 Å². The smallest absolute Gasteiger partial charge is 0.261 e. The van der Waals surface area contributed by atoms with Crippen molar-refractivity contribution in [3.05, 3.63) is 71.7 Å². The maximum atomic E-state index is 12.5. The van der Waals surface area contributed by atoms with Gasteiger partial charge in [0.1, 0.15) is 24.7 Å². The van der Waals surface area contributed by atoms with Crippen molar-refractivity contribution in [1.29, 1.82) is 0 Å². The molecule has 0 atom stereocenters. The second kappa shape index (κ2) is 9.65. The molecule has 1 amide bonds.